The maximum Gasteiger partial charge on any atom is 0.254 e. The van der Waals surface area contributed by atoms with E-state index < -0.39 is 0 Å². The number of fused-ring (bicyclic) bond motifs is 3. The second-order valence-corrected chi connectivity index (χ2v) is 5.30. The van der Waals surface area contributed by atoms with Crippen molar-refractivity contribution in [1.29, 1.82) is 0 Å². The lowest BCUT2D eigenvalue weighted by Crippen LogP contribution is -2.42. The number of halogens is 1. The molecule has 2 unspecified atom stereocenters. The van der Waals surface area contributed by atoms with Gasteiger partial charge >= 0.3 is 0 Å². The van der Waals surface area contributed by atoms with E-state index in [0.29, 0.717) is 23.0 Å². The van der Waals surface area contributed by atoms with Gasteiger partial charge in [-0.15, -0.1) is 0 Å². The molecule has 1 aromatic carbocycles. The molecule has 1 saturated heterocycles. The number of carbonyl (C=O) groups is 1. The van der Waals surface area contributed by atoms with Crippen LogP contribution in [0.3, 0.4) is 0 Å². The lowest BCUT2D eigenvalue weighted by Gasteiger charge is -2.32. The second-order valence-electron chi connectivity index (χ2n) is 5.30. The second kappa shape index (κ2) is 4.13. The van der Waals surface area contributed by atoms with Crippen molar-refractivity contribution >= 4 is 16.9 Å². The molecule has 2 aliphatic heterocycles. The predicted octanol–water partition coefficient (Wildman–Crippen LogP) is 2.45. The average molecular weight is 273 g/mol. The summed E-state index contributed by atoms with van der Waals surface area (Å²) >= 11 is 0. The fourth-order valence-electron chi connectivity index (χ4n) is 3.16. The minimum atomic E-state index is -0.118. The Kier molecular flexibility index (Phi) is 2.39. The number of amides is 1. The number of aromatic nitrogens is 2. The molecule has 4 rings (SSSR count). The Balaban J connectivity index is 1.70. The predicted molar refractivity (Wildman–Crippen MR) is 68.6 cm³/mol. The van der Waals surface area contributed by atoms with Gasteiger partial charge < -0.3 is 4.90 Å². The van der Waals surface area contributed by atoms with Crippen LogP contribution in [-0.4, -0.2) is 33.2 Å². The van der Waals surface area contributed by atoms with Crippen LogP contribution in [0.2, 0.25) is 0 Å². The van der Waals surface area contributed by atoms with E-state index in [1.165, 1.54) is 0 Å². The van der Waals surface area contributed by atoms with Gasteiger partial charge in [0.2, 0.25) is 0 Å². The molecule has 3 heterocycles. The fraction of sp³-hybridized carbons (Fsp3) is 0.357. The van der Waals surface area contributed by atoms with Crippen molar-refractivity contribution in [3.63, 3.8) is 0 Å². The van der Waals surface area contributed by atoms with Gasteiger partial charge in [0.1, 0.15) is 16.9 Å². The summed E-state index contributed by atoms with van der Waals surface area (Å²) in [5.41, 5.74) is 1.72. The zero-order valence-electron chi connectivity index (χ0n) is 10.6. The van der Waals surface area contributed by atoms with Crippen molar-refractivity contribution in [2.75, 3.05) is 0 Å². The average Bonchev–Trinajstić information content (AvgIpc) is 3.00. The van der Waals surface area contributed by atoms with Gasteiger partial charge in [-0.2, -0.15) is 0 Å². The third-order valence-corrected chi connectivity index (χ3v) is 4.09. The van der Waals surface area contributed by atoms with E-state index in [1.807, 2.05) is 0 Å². The zero-order valence-corrected chi connectivity index (χ0v) is 10.6. The summed E-state index contributed by atoms with van der Waals surface area (Å²) in [5, 5.41) is 7.46. The summed E-state index contributed by atoms with van der Waals surface area (Å²) in [6.45, 7) is 0. The van der Waals surface area contributed by atoms with Crippen LogP contribution in [0, 0.1) is 0 Å². The molecule has 20 heavy (non-hydrogen) atoms. The number of carbonyl (C=O) groups excluding carboxylic acids is 1. The van der Waals surface area contributed by atoms with E-state index in [1.54, 1.807) is 29.2 Å². The third kappa shape index (κ3) is 1.64. The first-order chi connectivity index (χ1) is 9.72. The minimum Gasteiger partial charge on any atom is -0.329 e. The Morgan fingerprint density at radius 2 is 2.15 bits per heavy atom. The quantitative estimate of drug-likeness (QED) is 0.800. The normalized spacial score (nSPS) is 25.1. The lowest BCUT2D eigenvalue weighted by atomic mass is 10.1. The summed E-state index contributed by atoms with van der Waals surface area (Å²) < 4.78 is 18.1. The SMILES string of the molecule is O=C(c1ccc2nonc2c1)N1C2C=C(F)CC1CC2. The Bertz CT molecular complexity index is 724. The molecule has 0 aliphatic carbocycles. The maximum absolute atomic E-state index is 13.4. The molecular formula is C14H12FN3O2. The molecular weight excluding hydrogens is 261 g/mol. The van der Waals surface area contributed by atoms with Crippen molar-refractivity contribution in [2.24, 2.45) is 0 Å². The van der Waals surface area contributed by atoms with Crippen LogP contribution >= 0.6 is 0 Å². The van der Waals surface area contributed by atoms with E-state index in [-0.39, 0.29) is 23.8 Å². The Labute approximate surface area is 114 Å². The van der Waals surface area contributed by atoms with Gasteiger partial charge in [-0.1, -0.05) is 0 Å². The van der Waals surface area contributed by atoms with Crippen LogP contribution in [0.25, 0.3) is 11.0 Å². The monoisotopic (exact) mass is 273 g/mol. The molecule has 2 aromatic rings. The highest BCUT2D eigenvalue weighted by Gasteiger charge is 2.40. The molecule has 102 valence electrons. The number of hydrogen-bond donors (Lipinski definition) is 0. The Hall–Kier alpha value is -2.24. The van der Waals surface area contributed by atoms with Gasteiger partial charge in [0.05, 0.1) is 6.04 Å². The Morgan fingerprint density at radius 3 is 3.00 bits per heavy atom. The number of nitrogens with zero attached hydrogens (tertiary/aromatic N) is 3. The van der Waals surface area contributed by atoms with Crippen LogP contribution in [0.15, 0.2) is 34.7 Å². The fourth-order valence-corrected chi connectivity index (χ4v) is 3.16. The zero-order chi connectivity index (χ0) is 13.7. The molecule has 0 saturated carbocycles. The summed E-state index contributed by atoms with van der Waals surface area (Å²) in [7, 11) is 0. The molecule has 1 amide bonds. The van der Waals surface area contributed by atoms with Gasteiger partial charge in [0.15, 0.2) is 0 Å². The molecule has 2 atom stereocenters. The van der Waals surface area contributed by atoms with Crippen molar-refractivity contribution < 1.29 is 13.8 Å². The van der Waals surface area contributed by atoms with Gasteiger partial charge in [0.25, 0.3) is 5.91 Å². The van der Waals surface area contributed by atoms with Crippen molar-refractivity contribution in [1.82, 2.24) is 15.2 Å². The molecule has 0 radical (unpaired) electrons. The first-order valence-corrected chi connectivity index (χ1v) is 6.63. The van der Waals surface area contributed by atoms with Gasteiger partial charge in [-0.25, -0.2) is 9.02 Å². The van der Waals surface area contributed by atoms with Gasteiger partial charge in [0, 0.05) is 18.0 Å². The summed E-state index contributed by atoms with van der Waals surface area (Å²) in [6, 6.07) is 4.95. The van der Waals surface area contributed by atoms with Gasteiger partial charge in [-0.3, -0.25) is 4.79 Å². The highest BCUT2D eigenvalue weighted by Crippen LogP contribution is 2.36. The van der Waals surface area contributed by atoms with Crippen LogP contribution in [-0.2, 0) is 0 Å². The molecule has 6 heteroatoms. The molecule has 5 nitrogen and oxygen atoms in total. The standard InChI is InChI=1S/C14H12FN3O2/c15-9-6-10-2-3-11(7-9)18(10)14(19)8-1-4-12-13(5-8)17-20-16-12/h1,4-6,10-11H,2-3,7H2. The van der Waals surface area contributed by atoms with E-state index in [0.717, 1.165) is 12.8 Å². The largest absolute Gasteiger partial charge is 0.329 e. The van der Waals surface area contributed by atoms with Crippen LogP contribution in [0.4, 0.5) is 4.39 Å². The number of benzene rings is 1. The van der Waals surface area contributed by atoms with E-state index in [9.17, 15) is 9.18 Å². The highest BCUT2D eigenvalue weighted by atomic mass is 19.1. The molecule has 0 N–H and O–H groups in total. The highest BCUT2D eigenvalue weighted by molar-refractivity contribution is 5.97. The molecule has 2 aliphatic rings. The topological polar surface area (TPSA) is 59.2 Å². The lowest BCUT2D eigenvalue weighted by molar-refractivity contribution is 0.0677. The van der Waals surface area contributed by atoms with Crippen molar-refractivity contribution in [2.45, 2.75) is 31.3 Å². The van der Waals surface area contributed by atoms with Crippen molar-refractivity contribution in [3.8, 4) is 0 Å². The third-order valence-electron chi connectivity index (χ3n) is 4.09. The summed E-state index contributed by atoms with van der Waals surface area (Å²) in [6.07, 6.45) is 3.58. The minimum absolute atomic E-state index is 0.0244. The smallest absolute Gasteiger partial charge is 0.254 e. The molecule has 2 bridgehead atoms. The maximum atomic E-state index is 13.4. The molecule has 1 fully saturated rings. The first kappa shape index (κ1) is 11.6. The van der Waals surface area contributed by atoms with Crippen LogP contribution in [0.1, 0.15) is 29.6 Å². The van der Waals surface area contributed by atoms with Gasteiger partial charge in [-0.05, 0) is 47.4 Å². The summed E-state index contributed by atoms with van der Waals surface area (Å²) in [4.78, 5) is 14.4. The Morgan fingerprint density at radius 1 is 1.30 bits per heavy atom. The van der Waals surface area contributed by atoms with Crippen LogP contribution in [0.5, 0.6) is 0 Å². The van der Waals surface area contributed by atoms with E-state index in [2.05, 4.69) is 14.9 Å². The number of hydrogen-bond acceptors (Lipinski definition) is 4. The summed E-state index contributed by atoms with van der Waals surface area (Å²) in [5.74, 6) is -0.177. The van der Waals surface area contributed by atoms with Crippen LogP contribution < -0.4 is 0 Å². The molecule has 1 aromatic heterocycles. The molecule has 0 spiro atoms. The van der Waals surface area contributed by atoms with E-state index in [4.69, 9.17) is 0 Å². The number of rotatable bonds is 1. The van der Waals surface area contributed by atoms with E-state index >= 15 is 0 Å². The van der Waals surface area contributed by atoms with Crippen molar-refractivity contribution in [3.05, 3.63) is 35.7 Å². The first-order valence-electron chi connectivity index (χ1n) is 6.63.